The fourth-order valence-electron chi connectivity index (χ4n) is 1.74. The van der Waals surface area contributed by atoms with E-state index in [4.69, 9.17) is 0 Å². The summed E-state index contributed by atoms with van der Waals surface area (Å²) in [6.07, 6.45) is -0.315. The maximum absolute atomic E-state index is 9.59. The first-order valence-electron chi connectivity index (χ1n) is 5.89. The van der Waals surface area contributed by atoms with E-state index in [0.717, 1.165) is 24.5 Å². The Labute approximate surface area is 98.1 Å². The van der Waals surface area contributed by atoms with Crippen LogP contribution < -0.4 is 0 Å². The minimum Gasteiger partial charge on any atom is -0.392 e. The van der Waals surface area contributed by atoms with E-state index in [1.807, 2.05) is 39.0 Å². The lowest BCUT2D eigenvalue weighted by molar-refractivity contribution is 0.0687. The van der Waals surface area contributed by atoms with Gasteiger partial charge in [0.15, 0.2) is 0 Å². The molecule has 0 saturated carbocycles. The van der Waals surface area contributed by atoms with Crippen LogP contribution in [0.25, 0.3) is 0 Å². The number of nitrogens with zero attached hydrogens (tertiary/aromatic N) is 2. The van der Waals surface area contributed by atoms with Crippen molar-refractivity contribution >= 4 is 0 Å². The molecule has 3 nitrogen and oxygen atoms in total. The van der Waals surface area contributed by atoms with Crippen molar-refractivity contribution in [2.45, 2.75) is 46.4 Å². The lowest BCUT2D eigenvalue weighted by Gasteiger charge is -2.29. The van der Waals surface area contributed by atoms with Crippen LogP contribution in [0.4, 0.5) is 0 Å². The Bertz CT molecular complexity index is 325. The van der Waals surface area contributed by atoms with Gasteiger partial charge in [0, 0.05) is 18.3 Å². The first-order valence-corrected chi connectivity index (χ1v) is 5.89. The van der Waals surface area contributed by atoms with Crippen LogP contribution in [0.5, 0.6) is 0 Å². The summed E-state index contributed by atoms with van der Waals surface area (Å²) in [5.41, 5.74) is 2.10. The van der Waals surface area contributed by atoms with Gasteiger partial charge in [0.2, 0.25) is 0 Å². The summed E-state index contributed by atoms with van der Waals surface area (Å²) >= 11 is 0. The lowest BCUT2D eigenvalue weighted by atomic mass is 10.1. The average molecular weight is 222 g/mol. The van der Waals surface area contributed by atoms with Gasteiger partial charge in [-0.3, -0.25) is 9.88 Å². The summed E-state index contributed by atoms with van der Waals surface area (Å²) in [6.45, 7) is 9.69. The van der Waals surface area contributed by atoms with Gasteiger partial charge in [0.1, 0.15) is 0 Å². The fraction of sp³-hybridized carbons (Fsp3) is 0.615. The van der Waals surface area contributed by atoms with Gasteiger partial charge in [-0.25, -0.2) is 0 Å². The van der Waals surface area contributed by atoms with Crippen LogP contribution in [0, 0.1) is 6.92 Å². The predicted molar refractivity (Wildman–Crippen MR) is 66.2 cm³/mol. The van der Waals surface area contributed by atoms with Crippen molar-refractivity contribution in [2.75, 3.05) is 6.54 Å². The first-order chi connectivity index (χ1) is 7.54. The number of rotatable bonds is 5. The zero-order chi connectivity index (χ0) is 12.1. The van der Waals surface area contributed by atoms with E-state index < -0.39 is 0 Å². The van der Waals surface area contributed by atoms with Crippen molar-refractivity contribution in [2.24, 2.45) is 0 Å². The number of aliphatic hydroxyl groups is 1. The molecule has 0 saturated heterocycles. The smallest absolute Gasteiger partial charge is 0.0664 e. The van der Waals surface area contributed by atoms with Crippen molar-refractivity contribution in [1.29, 1.82) is 0 Å². The molecule has 0 aliphatic rings. The zero-order valence-electron chi connectivity index (χ0n) is 10.6. The van der Waals surface area contributed by atoms with E-state index in [1.54, 1.807) is 0 Å². The normalized spacial score (nSPS) is 15.1. The SMILES string of the molecule is CCN(Cc1cccc(C)n1)C(C)C(C)O. The Morgan fingerprint density at radius 3 is 2.56 bits per heavy atom. The molecule has 0 radical (unpaired) electrons. The number of aromatic nitrogens is 1. The Kier molecular flexibility index (Phi) is 4.90. The van der Waals surface area contributed by atoms with Gasteiger partial charge in [-0.05, 0) is 39.4 Å². The molecule has 1 N–H and O–H groups in total. The Hall–Kier alpha value is -0.930. The number of pyridine rings is 1. The molecule has 2 unspecified atom stereocenters. The van der Waals surface area contributed by atoms with E-state index in [9.17, 15) is 5.11 Å². The molecule has 1 rings (SSSR count). The summed E-state index contributed by atoms with van der Waals surface area (Å²) in [4.78, 5) is 6.71. The zero-order valence-corrected chi connectivity index (χ0v) is 10.6. The van der Waals surface area contributed by atoms with Crippen LogP contribution in [0.15, 0.2) is 18.2 Å². The van der Waals surface area contributed by atoms with Crippen molar-refractivity contribution in [3.8, 4) is 0 Å². The van der Waals surface area contributed by atoms with Gasteiger partial charge in [0.05, 0.1) is 11.8 Å². The van der Waals surface area contributed by atoms with E-state index in [1.165, 1.54) is 0 Å². The number of likely N-dealkylation sites (N-methyl/N-ethyl adjacent to an activating group) is 1. The molecule has 1 aromatic rings. The van der Waals surface area contributed by atoms with E-state index in [0.29, 0.717) is 0 Å². The molecule has 90 valence electrons. The number of aliphatic hydroxyl groups excluding tert-OH is 1. The maximum Gasteiger partial charge on any atom is 0.0664 e. The third kappa shape index (κ3) is 3.58. The summed E-state index contributed by atoms with van der Waals surface area (Å²) in [5.74, 6) is 0. The second kappa shape index (κ2) is 5.97. The van der Waals surface area contributed by atoms with Crippen molar-refractivity contribution < 1.29 is 5.11 Å². The van der Waals surface area contributed by atoms with Crippen LogP contribution in [-0.4, -0.2) is 33.7 Å². The molecule has 0 aliphatic carbocycles. The third-order valence-electron chi connectivity index (χ3n) is 2.99. The quantitative estimate of drug-likeness (QED) is 0.827. The van der Waals surface area contributed by atoms with Gasteiger partial charge < -0.3 is 5.11 Å². The molecule has 1 heterocycles. The minimum absolute atomic E-state index is 0.160. The minimum atomic E-state index is -0.315. The summed E-state index contributed by atoms with van der Waals surface area (Å²) in [7, 11) is 0. The molecule has 0 fully saturated rings. The second-order valence-corrected chi connectivity index (χ2v) is 4.31. The average Bonchev–Trinajstić information content (AvgIpc) is 2.25. The maximum atomic E-state index is 9.59. The monoisotopic (exact) mass is 222 g/mol. The van der Waals surface area contributed by atoms with Gasteiger partial charge in [-0.2, -0.15) is 0 Å². The standard InChI is InChI=1S/C13H22N2O/c1-5-15(11(3)12(4)16)9-13-8-6-7-10(2)14-13/h6-8,11-12,16H,5,9H2,1-4H3. The highest BCUT2D eigenvalue weighted by atomic mass is 16.3. The van der Waals surface area contributed by atoms with Crippen molar-refractivity contribution in [1.82, 2.24) is 9.88 Å². The van der Waals surface area contributed by atoms with Crippen molar-refractivity contribution in [3.05, 3.63) is 29.6 Å². The predicted octanol–water partition coefficient (Wildman–Crippen LogP) is 1.98. The molecule has 0 spiro atoms. The fourth-order valence-corrected chi connectivity index (χ4v) is 1.74. The van der Waals surface area contributed by atoms with Crippen LogP contribution >= 0.6 is 0 Å². The van der Waals surface area contributed by atoms with Gasteiger partial charge >= 0.3 is 0 Å². The van der Waals surface area contributed by atoms with Gasteiger partial charge in [0.25, 0.3) is 0 Å². The van der Waals surface area contributed by atoms with Gasteiger partial charge in [-0.1, -0.05) is 13.0 Å². The molecule has 0 bridgehead atoms. The molecule has 0 amide bonds. The van der Waals surface area contributed by atoms with E-state index in [-0.39, 0.29) is 12.1 Å². The van der Waals surface area contributed by atoms with Crippen LogP contribution in [-0.2, 0) is 6.54 Å². The summed E-state index contributed by atoms with van der Waals surface area (Å²) in [6, 6.07) is 6.22. The molecular formula is C13H22N2O. The highest BCUT2D eigenvalue weighted by Gasteiger charge is 2.17. The Morgan fingerprint density at radius 1 is 1.38 bits per heavy atom. The highest BCUT2D eigenvalue weighted by molar-refractivity contribution is 5.09. The first kappa shape index (κ1) is 13.1. The Morgan fingerprint density at radius 2 is 2.06 bits per heavy atom. The van der Waals surface area contributed by atoms with Crippen molar-refractivity contribution in [3.63, 3.8) is 0 Å². The molecule has 0 aromatic carbocycles. The van der Waals surface area contributed by atoms with E-state index in [2.05, 4.69) is 16.8 Å². The number of hydrogen-bond acceptors (Lipinski definition) is 3. The number of aryl methyl sites for hydroxylation is 1. The largest absolute Gasteiger partial charge is 0.392 e. The lowest BCUT2D eigenvalue weighted by Crippen LogP contribution is -2.39. The molecule has 0 aliphatic heterocycles. The molecular weight excluding hydrogens is 200 g/mol. The third-order valence-corrected chi connectivity index (χ3v) is 2.99. The number of hydrogen-bond donors (Lipinski definition) is 1. The Balaban J connectivity index is 2.70. The van der Waals surface area contributed by atoms with Crippen LogP contribution in [0.1, 0.15) is 32.2 Å². The molecule has 1 aromatic heterocycles. The molecule has 2 atom stereocenters. The molecule has 3 heteroatoms. The highest BCUT2D eigenvalue weighted by Crippen LogP contribution is 2.09. The molecule has 16 heavy (non-hydrogen) atoms. The summed E-state index contributed by atoms with van der Waals surface area (Å²) in [5, 5.41) is 9.59. The van der Waals surface area contributed by atoms with Crippen LogP contribution in [0.2, 0.25) is 0 Å². The van der Waals surface area contributed by atoms with Crippen LogP contribution in [0.3, 0.4) is 0 Å². The van der Waals surface area contributed by atoms with E-state index >= 15 is 0 Å². The van der Waals surface area contributed by atoms with Gasteiger partial charge in [-0.15, -0.1) is 0 Å². The topological polar surface area (TPSA) is 36.4 Å². The summed E-state index contributed by atoms with van der Waals surface area (Å²) < 4.78 is 0. The second-order valence-electron chi connectivity index (χ2n) is 4.31.